The van der Waals surface area contributed by atoms with Crippen molar-refractivity contribution in [2.75, 3.05) is 0 Å². The lowest BCUT2D eigenvalue weighted by molar-refractivity contribution is 0.622. The lowest BCUT2D eigenvalue weighted by Gasteiger charge is -2.06. The van der Waals surface area contributed by atoms with E-state index in [2.05, 4.69) is 50.2 Å². The molecule has 0 amide bonds. The molecule has 0 aliphatic rings. The molecule has 0 fully saturated rings. The average Bonchev–Trinajstić information content (AvgIpc) is 3.00. The summed E-state index contributed by atoms with van der Waals surface area (Å²) in [5, 5.41) is 1.05. The molecule has 0 radical (unpaired) electrons. The van der Waals surface area contributed by atoms with Gasteiger partial charge in [0, 0.05) is 4.88 Å². The Labute approximate surface area is 148 Å². The zero-order chi connectivity index (χ0) is 16.9. The van der Waals surface area contributed by atoms with Crippen LogP contribution in [0.15, 0.2) is 42.5 Å². The van der Waals surface area contributed by atoms with Crippen LogP contribution in [-0.2, 0) is 25.7 Å². The van der Waals surface area contributed by atoms with Gasteiger partial charge in [-0.3, -0.25) is 0 Å². The van der Waals surface area contributed by atoms with E-state index in [0.717, 1.165) is 47.8 Å². The fourth-order valence-corrected chi connectivity index (χ4v) is 4.39. The number of fused-ring (bicyclic) bond motifs is 1. The summed E-state index contributed by atoms with van der Waals surface area (Å²) in [5.74, 6) is -0.0116. The quantitative estimate of drug-likeness (QED) is 0.447. The van der Waals surface area contributed by atoms with Crippen molar-refractivity contribution in [3.05, 3.63) is 69.8 Å². The van der Waals surface area contributed by atoms with Gasteiger partial charge in [0.05, 0.1) is 4.70 Å². The Balaban J connectivity index is 1.73. The first-order valence-electron chi connectivity index (χ1n) is 8.99. The molecule has 3 rings (SSSR count). The van der Waals surface area contributed by atoms with Crippen LogP contribution in [0.4, 0.5) is 4.39 Å². The van der Waals surface area contributed by atoms with E-state index in [1.807, 2.05) is 6.07 Å². The Morgan fingerprint density at radius 1 is 0.792 bits per heavy atom. The Morgan fingerprint density at radius 2 is 1.46 bits per heavy atom. The van der Waals surface area contributed by atoms with Crippen LogP contribution >= 0.6 is 11.3 Å². The molecular formula is C22H25FS. The normalized spacial score (nSPS) is 11.3. The lowest BCUT2D eigenvalue weighted by Crippen LogP contribution is -1.95. The number of rotatable bonds is 7. The van der Waals surface area contributed by atoms with Gasteiger partial charge in [0.2, 0.25) is 0 Å². The number of halogens is 1. The van der Waals surface area contributed by atoms with Crippen molar-refractivity contribution < 1.29 is 4.39 Å². The Morgan fingerprint density at radius 3 is 2.12 bits per heavy atom. The summed E-state index contributed by atoms with van der Waals surface area (Å²) >= 11 is 1.62. The topological polar surface area (TPSA) is 0 Å². The highest BCUT2D eigenvalue weighted by Gasteiger charge is 2.11. The van der Waals surface area contributed by atoms with Crippen molar-refractivity contribution in [1.82, 2.24) is 0 Å². The van der Waals surface area contributed by atoms with Gasteiger partial charge in [0.25, 0.3) is 0 Å². The highest BCUT2D eigenvalue weighted by atomic mass is 32.1. The lowest BCUT2D eigenvalue weighted by atomic mass is 10.0. The molecule has 3 aromatic rings. The van der Waals surface area contributed by atoms with Crippen molar-refractivity contribution in [1.29, 1.82) is 0 Å². The maximum Gasteiger partial charge on any atom is 0.144 e. The van der Waals surface area contributed by atoms with Gasteiger partial charge in [-0.25, -0.2) is 4.39 Å². The standard InChI is InChI=1S/C22H25FS/c1-3-5-16-7-9-17(10-8-16)11-12-18-13-14-19-15-20(6-4-2)24-22(19)21(18)23/h7-10,13-15H,3-6,11-12H2,1-2H3. The minimum absolute atomic E-state index is 0.0116. The molecule has 126 valence electrons. The van der Waals surface area contributed by atoms with E-state index in [4.69, 9.17) is 0 Å². The first-order valence-corrected chi connectivity index (χ1v) is 9.80. The number of hydrogen-bond donors (Lipinski definition) is 0. The molecule has 0 N–H and O–H groups in total. The molecule has 0 spiro atoms. The molecular weight excluding hydrogens is 315 g/mol. The van der Waals surface area contributed by atoms with Crippen LogP contribution in [0.2, 0.25) is 0 Å². The second kappa shape index (κ2) is 7.94. The minimum atomic E-state index is -0.0116. The zero-order valence-corrected chi connectivity index (χ0v) is 15.4. The first-order chi connectivity index (χ1) is 11.7. The van der Waals surface area contributed by atoms with E-state index in [1.54, 1.807) is 11.3 Å². The zero-order valence-electron chi connectivity index (χ0n) is 14.6. The fourth-order valence-electron chi connectivity index (χ4n) is 3.17. The Bertz CT molecular complexity index is 799. The summed E-state index contributed by atoms with van der Waals surface area (Å²) in [4.78, 5) is 1.29. The predicted octanol–water partition coefficient (Wildman–Crippen LogP) is 6.73. The molecule has 2 heteroatoms. The van der Waals surface area contributed by atoms with Crippen molar-refractivity contribution in [3.63, 3.8) is 0 Å². The number of aryl methyl sites for hydroxylation is 4. The van der Waals surface area contributed by atoms with Crippen molar-refractivity contribution in [3.8, 4) is 0 Å². The number of hydrogen-bond acceptors (Lipinski definition) is 1. The van der Waals surface area contributed by atoms with Crippen molar-refractivity contribution in [2.45, 2.75) is 52.4 Å². The molecule has 0 atom stereocenters. The SMILES string of the molecule is CCCc1ccc(CCc2ccc3cc(CCC)sc3c2F)cc1. The maximum absolute atomic E-state index is 14.8. The van der Waals surface area contributed by atoms with Gasteiger partial charge in [0.15, 0.2) is 0 Å². The van der Waals surface area contributed by atoms with Crippen LogP contribution in [0.5, 0.6) is 0 Å². The van der Waals surface area contributed by atoms with Gasteiger partial charge in [-0.1, -0.05) is 63.1 Å². The van der Waals surface area contributed by atoms with Gasteiger partial charge in [-0.05, 0) is 53.8 Å². The molecule has 0 saturated carbocycles. The molecule has 2 aromatic carbocycles. The highest BCUT2D eigenvalue weighted by Crippen LogP contribution is 2.31. The molecule has 0 bridgehead atoms. The summed E-state index contributed by atoms with van der Waals surface area (Å²) in [6.07, 6.45) is 6.10. The van der Waals surface area contributed by atoms with E-state index in [0.29, 0.717) is 0 Å². The summed E-state index contributed by atoms with van der Waals surface area (Å²) in [7, 11) is 0. The van der Waals surface area contributed by atoms with Crippen LogP contribution in [-0.4, -0.2) is 0 Å². The van der Waals surface area contributed by atoms with Gasteiger partial charge >= 0.3 is 0 Å². The van der Waals surface area contributed by atoms with Crippen molar-refractivity contribution >= 4 is 21.4 Å². The molecule has 0 nitrogen and oxygen atoms in total. The van der Waals surface area contributed by atoms with Crippen LogP contribution in [0.3, 0.4) is 0 Å². The van der Waals surface area contributed by atoms with E-state index in [-0.39, 0.29) is 5.82 Å². The van der Waals surface area contributed by atoms with Crippen LogP contribution in [0.1, 0.15) is 48.3 Å². The first kappa shape index (κ1) is 17.2. The van der Waals surface area contributed by atoms with E-state index >= 15 is 0 Å². The second-order valence-corrected chi connectivity index (χ2v) is 7.62. The largest absolute Gasteiger partial charge is 0.205 e. The monoisotopic (exact) mass is 340 g/mol. The third-order valence-electron chi connectivity index (χ3n) is 4.50. The summed E-state index contributed by atoms with van der Waals surface area (Å²) in [5.41, 5.74) is 3.51. The molecule has 0 saturated heterocycles. The average molecular weight is 341 g/mol. The summed E-state index contributed by atoms with van der Waals surface area (Å²) in [6, 6.07) is 15.0. The molecule has 1 aromatic heterocycles. The summed E-state index contributed by atoms with van der Waals surface area (Å²) in [6.45, 7) is 4.36. The van der Waals surface area contributed by atoms with Crippen LogP contribution in [0, 0.1) is 5.82 Å². The minimum Gasteiger partial charge on any atom is -0.205 e. The molecule has 0 aliphatic carbocycles. The van der Waals surface area contributed by atoms with Crippen LogP contribution in [0.25, 0.3) is 10.1 Å². The van der Waals surface area contributed by atoms with E-state index in [9.17, 15) is 4.39 Å². The second-order valence-electron chi connectivity index (χ2n) is 6.49. The maximum atomic E-state index is 14.8. The molecule has 0 aliphatic heterocycles. The van der Waals surface area contributed by atoms with Gasteiger partial charge in [0.1, 0.15) is 5.82 Å². The fraction of sp³-hybridized carbons (Fsp3) is 0.364. The highest BCUT2D eigenvalue weighted by molar-refractivity contribution is 7.19. The third kappa shape index (κ3) is 3.87. The Hall–Kier alpha value is -1.67. The molecule has 0 unspecified atom stereocenters. The van der Waals surface area contributed by atoms with Crippen molar-refractivity contribution in [2.24, 2.45) is 0 Å². The van der Waals surface area contributed by atoms with Gasteiger partial charge in [-0.2, -0.15) is 0 Å². The predicted molar refractivity (Wildman–Crippen MR) is 104 cm³/mol. The van der Waals surface area contributed by atoms with Gasteiger partial charge in [-0.15, -0.1) is 11.3 Å². The Kier molecular flexibility index (Phi) is 5.68. The van der Waals surface area contributed by atoms with E-state index in [1.165, 1.54) is 22.4 Å². The number of benzene rings is 2. The third-order valence-corrected chi connectivity index (χ3v) is 5.70. The molecule has 24 heavy (non-hydrogen) atoms. The molecule has 1 heterocycles. The van der Waals surface area contributed by atoms with E-state index < -0.39 is 0 Å². The summed E-state index contributed by atoms with van der Waals surface area (Å²) < 4.78 is 15.6. The number of thiophene rings is 1. The van der Waals surface area contributed by atoms with Gasteiger partial charge < -0.3 is 0 Å². The van der Waals surface area contributed by atoms with Crippen LogP contribution < -0.4 is 0 Å². The smallest absolute Gasteiger partial charge is 0.144 e.